The van der Waals surface area contributed by atoms with Crippen molar-refractivity contribution in [2.24, 2.45) is 0 Å². The van der Waals surface area contributed by atoms with Gasteiger partial charge in [0.2, 0.25) is 5.91 Å². The lowest BCUT2D eigenvalue weighted by atomic mass is 10.2. The Kier molecular flexibility index (Phi) is 7.98. The Labute approximate surface area is 189 Å². The summed E-state index contributed by atoms with van der Waals surface area (Å²) in [5.41, 5.74) is 6.83. The molecule has 0 aliphatic heterocycles. The van der Waals surface area contributed by atoms with Crippen LogP contribution in [0.25, 0.3) is 0 Å². The quantitative estimate of drug-likeness (QED) is 0.475. The molecule has 0 spiro atoms. The lowest BCUT2D eigenvalue weighted by Crippen LogP contribution is -2.45. The van der Waals surface area contributed by atoms with Crippen molar-refractivity contribution < 1.29 is 9.53 Å². The minimum atomic E-state index is -0.707. The van der Waals surface area contributed by atoms with Gasteiger partial charge in [-0.15, -0.1) is 0 Å². The van der Waals surface area contributed by atoms with Crippen molar-refractivity contribution in [3.63, 3.8) is 0 Å². The van der Waals surface area contributed by atoms with Gasteiger partial charge in [0.25, 0.3) is 5.56 Å². The third-order valence-corrected chi connectivity index (χ3v) is 5.66. The van der Waals surface area contributed by atoms with Gasteiger partial charge < -0.3 is 15.4 Å². The highest BCUT2D eigenvalue weighted by molar-refractivity contribution is 7.07. The van der Waals surface area contributed by atoms with E-state index < -0.39 is 11.2 Å². The average Bonchev–Trinajstić information content (AvgIpc) is 3.26. The predicted octanol–water partition coefficient (Wildman–Crippen LogP) is 1.34. The van der Waals surface area contributed by atoms with Crippen LogP contribution in [-0.2, 0) is 22.6 Å². The number of aromatic nitrogens is 2. The van der Waals surface area contributed by atoms with Crippen molar-refractivity contribution in [2.75, 3.05) is 44.5 Å². The molecule has 1 amide bonds. The molecule has 0 unspecified atom stereocenters. The second kappa shape index (κ2) is 10.9. The van der Waals surface area contributed by atoms with Crippen LogP contribution in [0.3, 0.4) is 0 Å². The smallest absolute Gasteiger partial charge is 0.330 e. The minimum Gasteiger partial charge on any atom is -0.383 e. The molecule has 32 heavy (non-hydrogen) atoms. The van der Waals surface area contributed by atoms with E-state index in [4.69, 9.17) is 10.5 Å². The van der Waals surface area contributed by atoms with Crippen molar-refractivity contribution in [3.05, 3.63) is 79.1 Å². The number of H-pyrrole nitrogens is 1. The molecule has 0 aliphatic rings. The number of amides is 1. The van der Waals surface area contributed by atoms with E-state index in [9.17, 15) is 14.4 Å². The Balaban J connectivity index is 1.92. The summed E-state index contributed by atoms with van der Waals surface area (Å²) in [4.78, 5) is 43.8. The highest BCUT2D eigenvalue weighted by Gasteiger charge is 2.25. The van der Waals surface area contributed by atoms with Crippen LogP contribution in [0.2, 0.25) is 0 Å². The number of carbonyl (C=O) groups is 1. The van der Waals surface area contributed by atoms with Gasteiger partial charge in [0.05, 0.1) is 19.7 Å². The number of methoxy groups -OCH3 is 1. The van der Waals surface area contributed by atoms with Gasteiger partial charge in [0.1, 0.15) is 5.82 Å². The van der Waals surface area contributed by atoms with E-state index in [0.29, 0.717) is 6.54 Å². The van der Waals surface area contributed by atoms with Crippen LogP contribution in [0.5, 0.6) is 0 Å². The highest BCUT2D eigenvalue weighted by Crippen LogP contribution is 2.18. The molecule has 0 fully saturated rings. The SMILES string of the molecule is COCCN(C(=O)CN(C)Cc1ccsc1)c1c(N)n(Cc2ccccc2)c(=O)[nH]c1=O. The predicted molar refractivity (Wildman–Crippen MR) is 126 cm³/mol. The lowest BCUT2D eigenvalue weighted by molar-refractivity contribution is -0.119. The first-order valence-corrected chi connectivity index (χ1v) is 11.0. The highest BCUT2D eigenvalue weighted by atomic mass is 32.1. The summed E-state index contributed by atoms with van der Waals surface area (Å²) < 4.78 is 6.39. The molecule has 2 heterocycles. The molecule has 1 aromatic carbocycles. The Morgan fingerprint density at radius 2 is 1.94 bits per heavy atom. The molecule has 9 nitrogen and oxygen atoms in total. The van der Waals surface area contributed by atoms with E-state index in [1.807, 2.05) is 59.1 Å². The molecule has 3 rings (SSSR count). The fourth-order valence-corrected chi connectivity index (χ4v) is 4.03. The normalized spacial score (nSPS) is 11.1. The number of likely N-dealkylation sites (N-methyl/N-ethyl adjacent to an activating group) is 1. The molecule has 0 radical (unpaired) electrons. The number of anilines is 2. The first-order chi connectivity index (χ1) is 15.4. The third-order valence-electron chi connectivity index (χ3n) is 4.93. The van der Waals surface area contributed by atoms with Crippen molar-refractivity contribution >= 4 is 28.7 Å². The number of ether oxygens (including phenoxy) is 1. The van der Waals surface area contributed by atoms with Gasteiger partial charge in [0, 0.05) is 20.2 Å². The molecule has 10 heteroatoms. The van der Waals surface area contributed by atoms with Gasteiger partial charge in [-0.2, -0.15) is 11.3 Å². The summed E-state index contributed by atoms with van der Waals surface area (Å²) >= 11 is 1.59. The first kappa shape index (κ1) is 23.5. The van der Waals surface area contributed by atoms with Gasteiger partial charge in [-0.25, -0.2) is 4.79 Å². The van der Waals surface area contributed by atoms with Crippen molar-refractivity contribution in [2.45, 2.75) is 13.1 Å². The topological polar surface area (TPSA) is 114 Å². The number of nitrogens with two attached hydrogens (primary N) is 1. The van der Waals surface area contributed by atoms with Gasteiger partial charge in [-0.1, -0.05) is 30.3 Å². The summed E-state index contributed by atoms with van der Waals surface area (Å²) in [5, 5.41) is 4.00. The van der Waals surface area contributed by atoms with E-state index in [-0.39, 0.29) is 43.7 Å². The van der Waals surface area contributed by atoms with Crippen LogP contribution in [-0.4, -0.2) is 54.2 Å². The standard InChI is InChI=1S/C22H27N5O4S/c1-25(12-17-8-11-32-15-17)14-18(28)26(9-10-31-2)19-20(23)27(22(30)24-21(19)29)13-16-6-4-3-5-7-16/h3-8,11,15H,9-10,12-14,23H2,1-2H3,(H,24,29,30). The van der Waals surface area contributed by atoms with E-state index in [2.05, 4.69) is 4.98 Å². The van der Waals surface area contributed by atoms with Gasteiger partial charge in [-0.3, -0.25) is 24.0 Å². The largest absolute Gasteiger partial charge is 0.383 e. The van der Waals surface area contributed by atoms with Crippen LogP contribution < -0.4 is 21.9 Å². The molecule has 0 saturated carbocycles. The second-order valence-electron chi connectivity index (χ2n) is 7.41. The molecule has 2 aromatic heterocycles. The van der Waals surface area contributed by atoms with Gasteiger partial charge >= 0.3 is 5.69 Å². The maximum atomic E-state index is 13.2. The van der Waals surface area contributed by atoms with Crippen molar-refractivity contribution in [1.29, 1.82) is 0 Å². The van der Waals surface area contributed by atoms with E-state index in [1.54, 1.807) is 11.3 Å². The zero-order chi connectivity index (χ0) is 23.1. The summed E-state index contributed by atoms with van der Waals surface area (Å²) in [7, 11) is 3.34. The number of hydrogen-bond acceptors (Lipinski definition) is 7. The van der Waals surface area contributed by atoms with E-state index >= 15 is 0 Å². The number of aromatic amines is 1. The van der Waals surface area contributed by atoms with Crippen LogP contribution in [0.4, 0.5) is 11.5 Å². The maximum Gasteiger partial charge on any atom is 0.330 e. The molecule has 0 bridgehead atoms. The summed E-state index contributed by atoms with van der Waals surface area (Å²) in [6.45, 7) is 1.15. The molecule has 3 aromatic rings. The average molecular weight is 458 g/mol. The minimum absolute atomic E-state index is 0.0495. The molecule has 0 atom stereocenters. The molecule has 3 N–H and O–H groups in total. The Bertz CT molecular complexity index is 1140. The Hall–Kier alpha value is -3.21. The Morgan fingerprint density at radius 3 is 2.59 bits per heavy atom. The van der Waals surface area contributed by atoms with Crippen molar-refractivity contribution in [3.8, 4) is 0 Å². The van der Waals surface area contributed by atoms with Crippen LogP contribution in [0, 0.1) is 0 Å². The number of nitrogens with zero attached hydrogens (tertiary/aromatic N) is 3. The van der Waals surface area contributed by atoms with E-state index in [1.165, 1.54) is 16.6 Å². The summed E-state index contributed by atoms with van der Waals surface area (Å²) in [6, 6.07) is 11.3. The first-order valence-electron chi connectivity index (χ1n) is 10.1. The number of carbonyl (C=O) groups excluding carboxylic acids is 1. The lowest BCUT2D eigenvalue weighted by Gasteiger charge is -2.26. The fourth-order valence-electron chi connectivity index (χ4n) is 3.37. The second-order valence-corrected chi connectivity index (χ2v) is 8.19. The number of benzene rings is 1. The number of hydrogen-bond donors (Lipinski definition) is 2. The number of rotatable bonds is 10. The molecule has 0 saturated heterocycles. The van der Waals surface area contributed by atoms with Gasteiger partial charge in [-0.05, 0) is 35.0 Å². The summed E-state index contributed by atoms with van der Waals surface area (Å²) in [6.07, 6.45) is 0. The number of nitrogens with one attached hydrogen (secondary N) is 1. The zero-order valence-corrected chi connectivity index (χ0v) is 18.9. The third kappa shape index (κ3) is 5.72. The summed E-state index contributed by atoms with van der Waals surface area (Å²) in [5.74, 6) is -0.380. The zero-order valence-electron chi connectivity index (χ0n) is 18.1. The van der Waals surface area contributed by atoms with Crippen LogP contribution in [0.15, 0.2) is 56.7 Å². The maximum absolute atomic E-state index is 13.2. The Morgan fingerprint density at radius 1 is 1.19 bits per heavy atom. The molecular weight excluding hydrogens is 430 g/mol. The fraction of sp³-hybridized carbons (Fsp3) is 0.318. The number of thiophene rings is 1. The molecular formula is C22H27N5O4S. The molecule has 170 valence electrons. The van der Waals surface area contributed by atoms with E-state index in [0.717, 1.165) is 11.1 Å². The van der Waals surface area contributed by atoms with Crippen molar-refractivity contribution in [1.82, 2.24) is 14.5 Å². The monoisotopic (exact) mass is 457 g/mol. The van der Waals surface area contributed by atoms with Crippen LogP contribution >= 0.6 is 11.3 Å². The van der Waals surface area contributed by atoms with Gasteiger partial charge in [0.15, 0.2) is 5.69 Å². The van der Waals surface area contributed by atoms with Crippen LogP contribution in [0.1, 0.15) is 11.1 Å². The molecule has 0 aliphatic carbocycles. The number of nitrogen functional groups attached to an aromatic ring is 1.